The van der Waals surface area contributed by atoms with Gasteiger partial charge in [0.2, 0.25) is 11.7 Å². The molecule has 31 heavy (non-hydrogen) atoms. The number of aromatic hydroxyl groups is 1. The molecule has 1 heterocycles. The number of aromatic nitrogens is 1. The summed E-state index contributed by atoms with van der Waals surface area (Å²) in [7, 11) is 0. The first-order valence-corrected chi connectivity index (χ1v) is 10.1. The molecule has 9 heteroatoms. The molecule has 0 radical (unpaired) electrons. The minimum Gasteiger partial charge on any atom is -0.494 e. The molecule has 6 nitrogen and oxygen atoms in total. The Labute approximate surface area is 192 Å². The standard InChI is InChI=1S/C22H15Cl3N2O4/c1-12-15(9-26)21(29)27(10-13-4-2-3-5-16(13)24)22(30)20(12)18(28)11-31-19-7-6-14(23)8-17(19)25/h2-8,30H,10-11H2,1H3. The lowest BCUT2D eigenvalue weighted by Gasteiger charge is -2.16. The van der Waals surface area contributed by atoms with Crippen molar-refractivity contribution in [3.8, 4) is 17.7 Å². The monoisotopic (exact) mass is 476 g/mol. The Bertz CT molecular complexity index is 1280. The average Bonchev–Trinajstić information content (AvgIpc) is 2.72. The van der Waals surface area contributed by atoms with Crippen LogP contribution in [0.2, 0.25) is 15.1 Å². The molecule has 0 aliphatic heterocycles. The van der Waals surface area contributed by atoms with E-state index in [4.69, 9.17) is 39.5 Å². The second-order valence-corrected chi connectivity index (χ2v) is 7.83. The van der Waals surface area contributed by atoms with Gasteiger partial charge in [-0.15, -0.1) is 0 Å². The molecule has 0 aliphatic carbocycles. The highest BCUT2D eigenvalue weighted by atomic mass is 35.5. The Morgan fingerprint density at radius 1 is 1.16 bits per heavy atom. The van der Waals surface area contributed by atoms with E-state index in [0.717, 1.165) is 4.57 Å². The van der Waals surface area contributed by atoms with Crippen molar-refractivity contribution >= 4 is 40.6 Å². The SMILES string of the molecule is Cc1c(C(=O)COc2ccc(Cl)cc2Cl)c(O)n(Cc2ccccc2Cl)c(=O)c1C#N. The summed E-state index contributed by atoms with van der Waals surface area (Å²) in [6.45, 7) is 0.816. The summed E-state index contributed by atoms with van der Waals surface area (Å²) in [5.74, 6) is -0.982. The number of hydrogen-bond acceptors (Lipinski definition) is 5. The van der Waals surface area contributed by atoms with Crippen LogP contribution in [0.15, 0.2) is 47.3 Å². The van der Waals surface area contributed by atoms with Gasteiger partial charge in [0.25, 0.3) is 5.56 Å². The Hall–Kier alpha value is -2.98. The van der Waals surface area contributed by atoms with Crippen LogP contribution in [0.5, 0.6) is 11.6 Å². The molecular formula is C22H15Cl3N2O4. The van der Waals surface area contributed by atoms with Gasteiger partial charge in [0, 0.05) is 10.0 Å². The van der Waals surface area contributed by atoms with Gasteiger partial charge in [-0.05, 0) is 42.3 Å². The van der Waals surface area contributed by atoms with Crippen LogP contribution >= 0.6 is 34.8 Å². The Balaban J connectivity index is 2.01. The molecule has 2 aromatic carbocycles. The largest absolute Gasteiger partial charge is 0.494 e. The smallest absolute Gasteiger partial charge is 0.271 e. The van der Waals surface area contributed by atoms with Gasteiger partial charge in [-0.25, -0.2) is 0 Å². The molecule has 1 aromatic heterocycles. The van der Waals surface area contributed by atoms with Gasteiger partial charge >= 0.3 is 0 Å². The van der Waals surface area contributed by atoms with Gasteiger partial charge < -0.3 is 9.84 Å². The predicted molar refractivity (Wildman–Crippen MR) is 119 cm³/mol. The first-order valence-electron chi connectivity index (χ1n) is 8.95. The minimum atomic E-state index is -0.726. The van der Waals surface area contributed by atoms with Crippen molar-refractivity contribution in [1.29, 1.82) is 5.26 Å². The molecule has 0 atom stereocenters. The number of ketones is 1. The summed E-state index contributed by atoms with van der Waals surface area (Å²) >= 11 is 18.1. The predicted octanol–water partition coefficient (Wildman–Crippen LogP) is 5.00. The zero-order chi connectivity index (χ0) is 22.7. The highest BCUT2D eigenvalue weighted by Crippen LogP contribution is 2.29. The Kier molecular flexibility index (Phi) is 6.91. The highest BCUT2D eigenvalue weighted by Gasteiger charge is 2.25. The van der Waals surface area contributed by atoms with Gasteiger partial charge in [-0.2, -0.15) is 5.26 Å². The first-order chi connectivity index (χ1) is 14.7. The molecule has 3 rings (SSSR count). The summed E-state index contributed by atoms with van der Waals surface area (Å²) in [6.07, 6.45) is 0. The lowest BCUT2D eigenvalue weighted by atomic mass is 10.0. The van der Waals surface area contributed by atoms with Gasteiger partial charge in [0.1, 0.15) is 17.4 Å². The number of nitrogens with zero attached hydrogens (tertiary/aromatic N) is 2. The summed E-state index contributed by atoms with van der Waals surface area (Å²) in [4.78, 5) is 25.6. The third kappa shape index (κ3) is 4.70. The molecule has 3 aromatic rings. The van der Waals surface area contributed by atoms with Crippen molar-refractivity contribution in [2.24, 2.45) is 0 Å². The quantitative estimate of drug-likeness (QED) is 0.504. The molecular weight excluding hydrogens is 463 g/mol. The summed E-state index contributed by atoms with van der Waals surface area (Å²) in [5.41, 5.74) is -0.560. The molecule has 0 fully saturated rings. The number of carbonyl (C=O) groups excluding carboxylic acids is 1. The third-order valence-corrected chi connectivity index (χ3v) is 5.52. The fraction of sp³-hybridized carbons (Fsp3) is 0.136. The van der Waals surface area contributed by atoms with Gasteiger partial charge in [-0.1, -0.05) is 53.0 Å². The van der Waals surface area contributed by atoms with Crippen molar-refractivity contribution in [3.05, 3.63) is 90.1 Å². The summed E-state index contributed by atoms with van der Waals surface area (Å²) in [6, 6.07) is 13.1. The number of carbonyl (C=O) groups is 1. The van der Waals surface area contributed by atoms with Gasteiger partial charge in [-0.3, -0.25) is 14.2 Å². The van der Waals surface area contributed by atoms with Crippen molar-refractivity contribution < 1.29 is 14.6 Å². The number of benzene rings is 2. The lowest BCUT2D eigenvalue weighted by Crippen LogP contribution is -2.28. The van der Waals surface area contributed by atoms with Gasteiger partial charge in [0.05, 0.1) is 17.1 Å². The number of hydrogen-bond donors (Lipinski definition) is 1. The maximum absolute atomic E-state index is 12.9. The maximum atomic E-state index is 12.9. The number of halogens is 3. The molecule has 0 bridgehead atoms. The molecule has 0 unspecified atom stereocenters. The normalized spacial score (nSPS) is 10.5. The Morgan fingerprint density at radius 3 is 2.52 bits per heavy atom. The van der Waals surface area contributed by atoms with E-state index in [0.29, 0.717) is 15.6 Å². The van der Waals surface area contributed by atoms with E-state index in [1.807, 2.05) is 6.07 Å². The fourth-order valence-electron chi connectivity index (χ4n) is 3.04. The van der Waals surface area contributed by atoms with Crippen LogP contribution < -0.4 is 10.3 Å². The second kappa shape index (κ2) is 9.44. The molecule has 0 spiro atoms. The Morgan fingerprint density at radius 2 is 1.87 bits per heavy atom. The highest BCUT2D eigenvalue weighted by molar-refractivity contribution is 6.35. The zero-order valence-corrected chi connectivity index (χ0v) is 18.4. The zero-order valence-electron chi connectivity index (χ0n) is 16.2. The molecule has 0 saturated heterocycles. The van der Waals surface area contributed by atoms with E-state index in [1.165, 1.54) is 19.1 Å². The molecule has 0 aliphatic rings. The van der Waals surface area contributed by atoms with Crippen molar-refractivity contribution in [3.63, 3.8) is 0 Å². The second-order valence-electron chi connectivity index (χ2n) is 6.58. The average molecular weight is 478 g/mol. The lowest BCUT2D eigenvalue weighted by molar-refractivity contribution is 0.0916. The van der Waals surface area contributed by atoms with Crippen molar-refractivity contribution in [1.82, 2.24) is 4.57 Å². The van der Waals surface area contributed by atoms with Crippen LogP contribution in [0.25, 0.3) is 0 Å². The minimum absolute atomic E-state index is 0.0659. The van der Waals surface area contributed by atoms with E-state index in [9.17, 15) is 20.0 Å². The van der Waals surface area contributed by atoms with E-state index >= 15 is 0 Å². The topological polar surface area (TPSA) is 92.3 Å². The van der Waals surface area contributed by atoms with Crippen molar-refractivity contribution in [2.45, 2.75) is 13.5 Å². The first kappa shape index (κ1) is 22.7. The van der Waals surface area contributed by atoms with Crippen LogP contribution in [-0.4, -0.2) is 22.1 Å². The van der Waals surface area contributed by atoms with Crippen LogP contribution in [0.1, 0.15) is 27.0 Å². The summed E-state index contributed by atoms with van der Waals surface area (Å²) in [5, 5.41) is 21.2. The fourth-order valence-corrected chi connectivity index (χ4v) is 3.69. The molecule has 0 amide bonds. The maximum Gasteiger partial charge on any atom is 0.271 e. The third-order valence-electron chi connectivity index (χ3n) is 4.62. The van der Waals surface area contributed by atoms with Crippen LogP contribution in [0.3, 0.4) is 0 Å². The van der Waals surface area contributed by atoms with E-state index in [2.05, 4.69) is 0 Å². The van der Waals surface area contributed by atoms with E-state index < -0.39 is 23.8 Å². The van der Waals surface area contributed by atoms with Crippen LogP contribution in [0, 0.1) is 18.3 Å². The van der Waals surface area contributed by atoms with Crippen LogP contribution in [0.4, 0.5) is 0 Å². The molecule has 1 N–H and O–H groups in total. The number of pyridine rings is 1. The van der Waals surface area contributed by atoms with Crippen molar-refractivity contribution in [2.75, 3.05) is 6.61 Å². The van der Waals surface area contributed by atoms with Crippen LogP contribution in [-0.2, 0) is 6.54 Å². The van der Waals surface area contributed by atoms with Gasteiger partial charge in [0.15, 0.2) is 6.61 Å². The molecule has 158 valence electrons. The number of nitriles is 1. The van der Waals surface area contributed by atoms with E-state index in [1.54, 1.807) is 30.3 Å². The van der Waals surface area contributed by atoms with E-state index in [-0.39, 0.29) is 34.0 Å². The molecule has 0 saturated carbocycles. The number of Topliss-reactive ketones (excluding diaryl/α,β-unsaturated/α-hetero) is 1. The summed E-state index contributed by atoms with van der Waals surface area (Å²) < 4.78 is 6.40. The number of rotatable bonds is 6. The number of ether oxygens (including phenoxy) is 1.